The third-order valence-electron chi connectivity index (χ3n) is 1.87. The van der Waals surface area contributed by atoms with Crippen molar-refractivity contribution in [2.75, 3.05) is 26.1 Å². The summed E-state index contributed by atoms with van der Waals surface area (Å²) < 4.78 is 4.83. The molecule has 1 heterocycles. The van der Waals surface area contributed by atoms with Gasteiger partial charge in [0.25, 0.3) is 5.91 Å². The van der Waals surface area contributed by atoms with Crippen molar-refractivity contribution < 1.29 is 14.6 Å². The maximum Gasteiger partial charge on any atom is 0.268 e. The molecular formula is C9H15N3O3. The Morgan fingerprint density at radius 1 is 1.80 bits per heavy atom. The van der Waals surface area contributed by atoms with Gasteiger partial charge in [0, 0.05) is 19.0 Å². The summed E-state index contributed by atoms with van der Waals surface area (Å²) in [5, 5.41) is 11.5. The number of aliphatic hydroxyl groups excluding tert-OH is 1. The van der Waals surface area contributed by atoms with Crippen molar-refractivity contribution in [3.05, 3.63) is 18.0 Å². The predicted molar refractivity (Wildman–Crippen MR) is 55.4 cm³/mol. The molecule has 0 bridgehead atoms. The third-order valence-corrected chi connectivity index (χ3v) is 1.87. The number of H-pyrrole nitrogens is 1. The fourth-order valence-electron chi connectivity index (χ4n) is 1.15. The molecule has 0 saturated carbocycles. The van der Waals surface area contributed by atoms with Crippen LogP contribution in [0.25, 0.3) is 0 Å². The molecule has 0 spiro atoms. The zero-order valence-corrected chi connectivity index (χ0v) is 8.49. The van der Waals surface area contributed by atoms with E-state index in [4.69, 9.17) is 15.6 Å². The lowest BCUT2D eigenvalue weighted by atomic mass is 10.3. The molecular weight excluding hydrogens is 198 g/mol. The second-order valence-corrected chi connectivity index (χ2v) is 3.15. The SMILES string of the molecule is COCC(CO)NC(=O)c1cc(N)c[nH]1. The van der Waals surface area contributed by atoms with Gasteiger partial charge in [-0.05, 0) is 6.07 Å². The monoisotopic (exact) mass is 213 g/mol. The summed E-state index contributed by atoms with van der Waals surface area (Å²) in [5.41, 5.74) is 6.31. The van der Waals surface area contributed by atoms with E-state index in [1.165, 1.54) is 19.4 Å². The molecule has 84 valence electrons. The van der Waals surface area contributed by atoms with Crippen molar-refractivity contribution in [3.8, 4) is 0 Å². The van der Waals surface area contributed by atoms with Gasteiger partial charge in [0.1, 0.15) is 5.69 Å². The Hall–Kier alpha value is -1.53. The Balaban J connectivity index is 2.54. The van der Waals surface area contributed by atoms with Crippen LogP contribution in [0.2, 0.25) is 0 Å². The quantitative estimate of drug-likeness (QED) is 0.521. The first-order chi connectivity index (χ1) is 7.17. The van der Waals surface area contributed by atoms with Gasteiger partial charge >= 0.3 is 0 Å². The molecule has 0 fully saturated rings. The number of aliphatic hydroxyl groups is 1. The van der Waals surface area contributed by atoms with Crippen LogP contribution in [-0.4, -0.2) is 42.4 Å². The van der Waals surface area contributed by atoms with Crippen molar-refractivity contribution >= 4 is 11.6 Å². The highest BCUT2D eigenvalue weighted by Gasteiger charge is 2.13. The molecule has 0 aliphatic heterocycles. The number of nitrogen functional groups attached to an aromatic ring is 1. The molecule has 1 unspecified atom stereocenters. The minimum absolute atomic E-state index is 0.171. The van der Waals surface area contributed by atoms with Gasteiger partial charge in [0.2, 0.25) is 0 Å². The van der Waals surface area contributed by atoms with Gasteiger partial charge in [-0.25, -0.2) is 0 Å². The number of anilines is 1. The highest BCUT2D eigenvalue weighted by Crippen LogP contribution is 2.04. The van der Waals surface area contributed by atoms with Crippen LogP contribution in [0, 0.1) is 0 Å². The number of carbonyl (C=O) groups excluding carboxylic acids is 1. The fourth-order valence-corrected chi connectivity index (χ4v) is 1.15. The summed E-state index contributed by atoms with van der Waals surface area (Å²) in [6.07, 6.45) is 1.53. The summed E-state index contributed by atoms with van der Waals surface area (Å²) in [7, 11) is 1.50. The van der Waals surface area contributed by atoms with Gasteiger partial charge < -0.3 is 25.9 Å². The number of hydrogen-bond donors (Lipinski definition) is 4. The van der Waals surface area contributed by atoms with E-state index in [-0.39, 0.29) is 19.1 Å². The van der Waals surface area contributed by atoms with E-state index in [9.17, 15) is 4.79 Å². The first kappa shape index (κ1) is 11.5. The van der Waals surface area contributed by atoms with Crippen LogP contribution < -0.4 is 11.1 Å². The molecule has 1 rings (SSSR count). The summed E-state index contributed by atoms with van der Waals surface area (Å²) in [5.74, 6) is -0.317. The van der Waals surface area contributed by atoms with Crippen LogP contribution >= 0.6 is 0 Å². The van der Waals surface area contributed by atoms with Gasteiger partial charge in [-0.15, -0.1) is 0 Å². The average molecular weight is 213 g/mol. The molecule has 1 amide bonds. The summed E-state index contributed by atoms with van der Waals surface area (Å²) >= 11 is 0. The molecule has 1 atom stereocenters. The molecule has 0 saturated heterocycles. The number of rotatable bonds is 5. The van der Waals surface area contributed by atoms with Crippen LogP contribution in [0.3, 0.4) is 0 Å². The highest BCUT2D eigenvalue weighted by molar-refractivity contribution is 5.93. The standard InChI is InChI=1S/C9H15N3O3/c1-15-5-7(4-13)12-9(14)8-2-6(10)3-11-8/h2-3,7,11,13H,4-5,10H2,1H3,(H,12,14). The van der Waals surface area contributed by atoms with Crippen LogP contribution in [0.5, 0.6) is 0 Å². The first-order valence-corrected chi connectivity index (χ1v) is 4.52. The maximum absolute atomic E-state index is 11.5. The molecule has 6 heteroatoms. The zero-order chi connectivity index (χ0) is 11.3. The minimum atomic E-state index is -0.410. The number of amides is 1. The molecule has 1 aromatic heterocycles. The van der Waals surface area contributed by atoms with Gasteiger partial charge in [-0.1, -0.05) is 0 Å². The highest BCUT2D eigenvalue weighted by atomic mass is 16.5. The Bertz CT molecular complexity index is 324. The molecule has 1 aromatic rings. The van der Waals surface area contributed by atoms with E-state index in [0.717, 1.165) is 0 Å². The van der Waals surface area contributed by atoms with Crippen molar-refractivity contribution in [2.45, 2.75) is 6.04 Å². The van der Waals surface area contributed by atoms with Crippen LogP contribution in [0.4, 0.5) is 5.69 Å². The first-order valence-electron chi connectivity index (χ1n) is 4.52. The summed E-state index contributed by atoms with van der Waals surface area (Å²) in [4.78, 5) is 14.3. The number of hydrogen-bond acceptors (Lipinski definition) is 4. The second kappa shape index (κ2) is 5.38. The van der Waals surface area contributed by atoms with Crippen molar-refractivity contribution in [1.29, 1.82) is 0 Å². The van der Waals surface area contributed by atoms with Crippen molar-refractivity contribution in [3.63, 3.8) is 0 Å². The summed E-state index contributed by atoms with van der Waals surface area (Å²) in [6, 6.07) is 1.11. The Labute approximate surface area is 87.4 Å². The summed E-state index contributed by atoms with van der Waals surface area (Å²) in [6.45, 7) is 0.0915. The number of carbonyl (C=O) groups is 1. The number of aromatic amines is 1. The second-order valence-electron chi connectivity index (χ2n) is 3.15. The maximum atomic E-state index is 11.5. The lowest BCUT2D eigenvalue weighted by molar-refractivity contribution is 0.0835. The largest absolute Gasteiger partial charge is 0.397 e. The minimum Gasteiger partial charge on any atom is -0.397 e. The van der Waals surface area contributed by atoms with Gasteiger partial charge in [-0.2, -0.15) is 0 Å². The smallest absolute Gasteiger partial charge is 0.268 e. The van der Waals surface area contributed by atoms with Crippen LogP contribution in [0.15, 0.2) is 12.3 Å². The van der Waals surface area contributed by atoms with E-state index < -0.39 is 6.04 Å². The van der Waals surface area contributed by atoms with Gasteiger partial charge in [0.05, 0.1) is 19.3 Å². The van der Waals surface area contributed by atoms with E-state index in [1.807, 2.05) is 0 Å². The lowest BCUT2D eigenvalue weighted by Gasteiger charge is -2.14. The molecule has 5 N–H and O–H groups in total. The van der Waals surface area contributed by atoms with E-state index >= 15 is 0 Å². The van der Waals surface area contributed by atoms with E-state index in [0.29, 0.717) is 11.4 Å². The normalized spacial score (nSPS) is 12.4. The van der Waals surface area contributed by atoms with E-state index in [1.54, 1.807) is 0 Å². The zero-order valence-electron chi connectivity index (χ0n) is 8.49. The Morgan fingerprint density at radius 2 is 2.53 bits per heavy atom. The lowest BCUT2D eigenvalue weighted by Crippen LogP contribution is -2.40. The Kier molecular flexibility index (Phi) is 4.14. The number of ether oxygens (including phenoxy) is 1. The molecule has 0 aliphatic rings. The average Bonchev–Trinajstić information content (AvgIpc) is 2.64. The van der Waals surface area contributed by atoms with Gasteiger partial charge in [0.15, 0.2) is 0 Å². The van der Waals surface area contributed by atoms with E-state index in [2.05, 4.69) is 10.3 Å². The molecule has 6 nitrogen and oxygen atoms in total. The number of nitrogens with one attached hydrogen (secondary N) is 2. The Morgan fingerprint density at radius 3 is 3.00 bits per heavy atom. The molecule has 0 radical (unpaired) electrons. The molecule has 15 heavy (non-hydrogen) atoms. The number of aromatic nitrogens is 1. The van der Waals surface area contributed by atoms with Crippen LogP contribution in [-0.2, 0) is 4.74 Å². The number of methoxy groups -OCH3 is 1. The number of nitrogens with two attached hydrogens (primary N) is 1. The molecule has 0 aromatic carbocycles. The van der Waals surface area contributed by atoms with Gasteiger partial charge in [-0.3, -0.25) is 4.79 Å². The topological polar surface area (TPSA) is 100 Å². The predicted octanol–water partition coefficient (Wildman–Crippen LogP) is -0.666. The third kappa shape index (κ3) is 3.26. The van der Waals surface area contributed by atoms with Crippen LogP contribution in [0.1, 0.15) is 10.5 Å². The van der Waals surface area contributed by atoms with Crippen molar-refractivity contribution in [1.82, 2.24) is 10.3 Å². The fraction of sp³-hybridized carbons (Fsp3) is 0.444. The molecule has 0 aliphatic carbocycles. The van der Waals surface area contributed by atoms with Crippen molar-refractivity contribution in [2.24, 2.45) is 0 Å².